The summed E-state index contributed by atoms with van der Waals surface area (Å²) in [6, 6.07) is 20.2. The van der Waals surface area contributed by atoms with Crippen molar-refractivity contribution in [1.82, 2.24) is 0 Å². The molecule has 0 atom stereocenters. The number of aliphatic imine (C=N–C) groups is 1. The summed E-state index contributed by atoms with van der Waals surface area (Å²) >= 11 is 0. The Morgan fingerprint density at radius 1 is 0.882 bits per heavy atom. The van der Waals surface area contributed by atoms with E-state index in [2.05, 4.69) is 17.1 Å². The molecule has 0 saturated heterocycles. The van der Waals surface area contributed by atoms with E-state index in [4.69, 9.17) is 0 Å². The topological polar surface area (TPSA) is 12.4 Å². The first-order valence-corrected chi connectivity index (χ1v) is 5.72. The van der Waals surface area contributed by atoms with E-state index in [0.29, 0.717) is 0 Å². The van der Waals surface area contributed by atoms with Gasteiger partial charge in [-0.2, -0.15) is 0 Å². The van der Waals surface area contributed by atoms with Crippen molar-refractivity contribution in [3.8, 4) is 0 Å². The molecule has 1 nitrogen and oxygen atoms in total. The Labute approximate surface area is 102 Å². The van der Waals surface area contributed by atoms with E-state index in [-0.39, 0.29) is 0 Å². The van der Waals surface area contributed by atoms with Crippen LogP contribution in [0.5, 0.6) is 0 Å². The quantitative estimate of drug-likeness (QED) is 0.682. The summed E-state index contributed by atoms with van der Waals surface area (Å²) < 4.78 is 0. The van der Waals surface area contributed by atoms with Gasteiger partial charge in [0.2, 0.25) is 0 Å². The number of benzene rings is 2. The van der Waals surface area contributed by atoms with Crippen molar-refractivity contribution in [2.45, 2.75) is 6.92 Å². The van der Waals surface area contributed by atoms with Gasteiger partial charge in [-0.25, -0.2) is 4.99 Å². The van der Waals surface area contributed by atoms with Crippen molar-refractivity contribution < 1.29 is 0 Å². The third-order valence-corrected chi connectivity index (χ3v) is 2.40. The van der Waals surface area contributed by atoms with Gasteiger partial charge in [0.15, 0.2) is 0 Å². The summed E-state index contributed by atoms with van der Waals surface area (Å²) in [6.07, 6.45) is 4.04. The molecule has 0 saturated carbocycles. The van der Waals surface area contributed by atoms with Gasteiger partial charge in [0, 0.05) is 5.56 Å². The highest BCUT2D eigenvalue weighted by Gasteiger charge is 1.98. The molecule has 0 aliphatic heterocycles. The molecule has 2 aromatic carbocycles. The smallest absolute Gasteiger partial charge is 0.0705 e. The normalized spacial score (nSPS) is 11.9. The van der Waals surface area contributed by atoms with Crippen molar-refractivity contribution in [2.24, 2.45) is 4.99 Å². The lowest BCUT2D eigenvalue weighted by Crippen LogP contribution is -1.95. The summed E-state index contributed by atoms with van der Waals surface area (Å²) in [4.78, 5) is 4.65. The van der Waals surface area contributed by atoms with Gasteiger partial charge in [-0.1, -0.05) is 54.6 Å². The third-order valence-electron chi connectivity index (χ3n) is 2.40. The molecule has 2 aromatic rings. The zero-order valence-corrected chi connectivity index (χ0v) is 9.88. The zero-order valence-electron chi connectivity index (χ0n) is 9.88. The van der Waals surface area contributed by atoms with Crippen molar-refractivity contribution >= 4 is 11.4 Å². The van der Waals surface area contributed by atoms with E-state index in [9.17, 15) is 0 Å². The molecule has 0 aliphatic carbocycles. The summed E-state index contributed by atoms with van der Waals surface area (Å²) in [5.41, 5.74) is 3.10. The number of para-hydroxylation sites is 1. The van der Waals surface area contributed by atoms with E-state index in [0.717, 1.165) is 17.0 Å². The average molecular weight is 221 g/mol. The molecule has 1 heteroatoms. The fourth-order valence-corrected chi connectivity index (χ4v) is 1.61. The molecule has 0 radical (unpaired) electrons. The summed E-state index contributed by atoms with van der Waals surface area (Å²) in [6.45, 7) is 2.00. The standard InChI is InChI=1S/C16H15N/c1-2-9-16(14-10-5-3-6-11-14)17-15-12-7-4-8-13-15/h2-13H,1H3/b9-2+,17-16?. The second-order valence-corrected chi connectivity index (χ2v) is 3.70. The Balaban J connectivity index is 2.40. The maximum Gasteiger partial charge on any atom is 0.0705 e. The van der Waals surface area contributed by atoms with Crippen LogP contribution in [0, 0.1) is 0 Å². The predicted molar refractivity (Wildman–Crippen MR) is 73.9 cm³/mol. The van der Waals surface area contributed by atoms with Gasteiger partial charge in [-0.05, 0) is 25.1 Å². The highest BCUT2D eigenvalue weighted by atomic mass is 14.7. The molecule has 0 N–H and O–H groups in total. The molecule has 0 amide bonds. The van der Waals surface area contributed by atoms with E-state index in [1.54, 1.807) is 0 Å². The summed E-state index contributed by atoms with van der Waals surface area (Å²) in [7, 11) is 0. The van der Waals surface area contributed by atoms with Gasteiger partial charge in [0.05, 0.1) is 11.4 Å². The van der Waals surface area contributed by atoms with Crippen molar-refractivity contribution in [3.63, 3.8) is 0 Å². The lowest BCUT2D eigenvalue weighted by molar-refractivity contribution is 1.50. The van der Waals surface area contributed by atoms with E-state index >= 15 is 0 Å². The van der Waals surface area contributed by atoms with Crippen LogP contribution in [0.1, 0.15) is 12.5 Å². The lowest BCUT2D eigenvalue weighted by Gasteiger charge is -2.01. The minimum absolute atomic E-state index is 0.976. The molecule has 0 aromatic heterocycles. The lowest BCUT2D eigenvalue weighted by atomic mass is 10.1. The van der Waals surface area contributed by atoms with Crippen LogP contribution in [0.2, 0.25) is 0 Å². The van der Waals surface area contributed by atoms with Gasteiger partial charge < -0.3 is 0 Å². The molecule has 17 heavy (non-hydrogen) atoms. The first-order valence-electron chi connectivity index (χ1n) is 5.72. The van der Waals surface area contributed by atoms with Gasteiger partial charge >= 0.3 is 0 Å². The third kappa shape index (κ3) is 3.15. The van der Waals surface area contributed by atoms with Crippen molar-refractivity contribution in [3.05, 3.63) is 78.4 Å². The van der Waals surface area contributed by atoms with Crippen LogP contribution in [0.25, 0.3) is 0 Å². The minimum Gasteiger partial charge on any atom is -0.248 e. The Morgan fingerprint density at radius 3 is 2.06 bits per heavy atom. The number of hydrogen-bond donors (Lipinski definition) is 0. The van der Waals surface area contributed by atoms with Gasteiger partial charge in [0.25, 0.3) is 0 Å². The maximum atomic E-state index is 4.65. The van der Waals surface area contributed by atoms with Gasteiger partial charge in [-0.3, -0.25) is 0 Å². The molecule has 0 unspecified atom stereocenters. The van der Waals surface area contributed by atoms with Crippen molar-refractivity contribution in [1.29, 1.82) is 0 Å². The molecular formula is C16H15N. The number of rotatable bonds is 3. The summed E-state index contributed by atoms with van der Waals surface area (Å²) in [5, 5.41) is 0. The average Bonchev–Trinajstić information content (AvgIpc) is 2.40. The Kier molecular flexibility index (Phi) is 3.87. The Hall–Kier alpha value is -2.15. The largest absolute Gasteiger partial charge is 0.248 e. The minimum atomic E-state index is 0.976. The van der Waals surface area contributed by atoms with Crippen LogP contribution in [0.3, 0.4) is 0 Å². The maximum absolute atomic E-state index is 4.65. The number of allylic oxidation sites excluding steroid dienone is 2. The first kappa shape index (κ1) is 11.3. The van der Waals surface area contributed by atoms with Crippen LogP contribution in [-0.2, 0) is 0 Å². The van der Waals surface area contributed by atoms with Crippen LogP contribution >= 0.6 is 0 Å². The Morgan fingerprint density at radius 2 is 1.47 bits per heavy atom. The molecular weight excluding hydrogens is 206 g/mol. The predicted octanol–water partition coefficient (Wildman–Crippen LogP) is 4.38. The van der Waals surface area contributed by atoms with E-state index in [1.165, 1.54) is 0 Å². The van der Waals surface area contributed by atoms with Crippen LogP contribution in [-0.4, -0.2) is 5.71 Å². The molecule has 0 bridgehead atoms. The first-order chi connectivity index (χ1) is 8.40. The second kappa shape index (κ2) is 5.80. The molecule has 0 fully saturated rings. The van der Waals surface area contributed by atoms with Gasteiger partial charge in [-0.15, -0.1) is 0 Å². The summed E-state index contributed by atoms with van der Waals surface area (Å²) in [5.74, 6) is 0. The van der Waals surface area contributed by atoms with Gasteiger partial charge in [0.1, 0.15) is 0 Å². The van der Waals surface area contributed by atoms with Crippen LogP contribution in [0.4, 0.5) is 5.69 Å². The van der Waals surface area contributed by atoms with Crippen molar-refractivity contribution in [2.75, 3.05) is 0 Å². The second-order valence-electron chi connectivity index (χ2n) is 3.70. The fourth-order valence-electron chi connectivity index (χ4n) is 1.61. The molecule has 2 rings (SSSR count). The number of hydrogen-bond acceptors (Lipinski definition) is 1. The number of nitrogens with zero attached hydrogens (tertiary/aromatic N) is 1. The van der Waals surface area contributed by atoms with Crippen LogP contribution in [0.15, 0.2) is 77.8 Å². The molecule has 0 aliphatic rings. The molecule has 0 heterocycles. The monoisotopic (exact) mass is 221 g/mol. The highest BCUT2D eigenvalue weighted by molar-refractivity contribution is 6.09. The van der Waals surface area contributed by atoms with E-state index in [1.807, 2.05) is 67.6 Å². The molecule has 84 valence electrons. The van der Waals surface area contributed by atoms with Crippen LogP contribution < -0.4 is 0 Å². The Bertz CT molecular complexity index is 510. The zero-order chi connectivity index (χ0) is 11.9. The van der Waals surface area contributed by atoms with E-state index < -0.39 is 0 Å². The molecule has 0 spiro atoms. The highest BCUT2D eigenvalue weighted by Crippen LogP contribution is 2.13. The SMILES string of the molecule is C/C=C/C(=Nc1ccccc1)c1ccccc1. The fraction of sp³-hybridized carbons (Fsp3) is 0.0625.